The van der Waals surface area contributed by atoms with Gasteiger partial charge in [0.2, 0.25) is 5.78 Å². The number of nitro groups is 1. The Morgan fingerprint density at radius 3 is 2.56 bits per heavy atom. The Hall–Kier alpha value is -3.28. The number of hydrogen-bond donors (Lipinski definition) is 0. The Balaban J connectivity index is 2.00. The van der Waals surface area contributed by atoms with Crippen molar-refractivity contribution < 1.29 is 19.2 Å². The van der Waals surface area contributed by atoms with Crippen LogP contribution in [0.4, 0.5) is 5.69 Å². The molecule has 0 amide bonds. The van der Waals surface area contributed by atoms with Crippen LogP contribution in [0, 0.1) is 10.1 Å². The molecule has 0 aromatic heterocycles. The number of hydrogen-bond acceptors (Lipinski definition) is 5. The predicted octanol–water partition coefficient (Wildman–Crippen LogP) is 4.16. The third-order valence-electron chi connectivity index (χ3n) is 4.10. The van der Waals surface area contributed by atoms with E-state index < -0.39 is 10.9 Å². The summed E-state index contributed by atoms with van der Waals surface area (Å²) in [6.07, 6.45) is 4.09. The van der Waals surface area contributed by atoms with Gasteiger partial charge in [0.1, 0.15) is 0 Å². The fourth-order valence-corrected chi connectivity index (χ4v) is 2.58. The zero-order valence-electron chi connectivity index (χ0n) is 15.3. The Bertz CT molecular complexity index is 886. The molecule has 0 atom stereocenters. The average Bonchev–Trinajstić information content (AvgIpc) is 2.70. The van der Waals surface area contributed by atoms with Gasteiger partial charge >= 0.3 is 5.97 Å². The summed E-state index contributed by atoms with van der Waals surface area (Å²) in [6.45, 7) is 3.62. The number of ketones is 1. The number of carbonyl (C=O) groups is 2. The zero-order valence-corrected chi connectivity index (χ0v) is 15.3. The molecule has 0 heterocycles. The molecule has 2 aromatic rings. The molecule has 0 spiro atoms. The standard InChI is InChI=1S/C21H21NO5/c1-3-15-8-10-17(4-2)19(13-15)20(23)14-27-21(24)11-9-16-6-5-7-18(12-16)22(25)26/h5-13H,3-4,14H2,1-2H3/b11-9+. The number of Topliss-reactive ketones (excluding diaryl/α,β-unsaturated/α-hetero) is 1. The highest BCUT2D eigenvalue weighted by molar-refractivity contribution is 6.00. The smallest absolute Gasteiger partial charge is 0.331 e. The van der Waals surface area contributed by atoms with E-state index >= 15 is 0 Å². The van der Waals surface area contributed by atoms with E-state index in [1.165, 1.54) is 24.3 Å². The maximum Gasteiger partial charge on any atom is 0.331 e. The van der Waals surface area contributed by atoms with Crippen molar-refractivity contribution >= 4 is 23.5 Å². The molecule has 0 saturated carbocycles. The summed E-state index contributed by atoms with van der Waals surface area (Å²) >= 11 is 0. The Morgan fingerprint density at radius 1 is 1.11 bits per heavy atom. The van der Waals surface area contributed by atoms with Crippen molar-refractivity contribution in [2.24, 2.45) is 0 Å². The lowest BCUT2D eigenvalue weighted by Crippen LogP contribution is -2.14. The molecule has 0 bridgehead atoms. The lowest BCUT2D eigenvalue weighted by Gasteiger charge is -2.09. The van der Waals surface area contributed by atoms with Gasteiger partial charge in [-0.25, -0.2) is 4.79 Å². The van der Waals surface area contributed by atoms with Gasteiger partial charge in [-0.15, -0.1) is 0 Å². The lowest BCUT2D eigenvalue weighted by molar-refractivity contribution is -0.384. The minimum absolute atomic E-state index is 0.0661. The second-order valence-electron chi connectivity index (χ2n) is 5.91. The van der Waals surface area contributed by atoms with Crippen molar-refractivity contribution in [2.45, 2.75) is 26.7 Å². The van der Waals surface area contributed by atoms with Crippen LogP contribution in [0.5, 0.6) is 0 Å². The predicted molar refractivity (Wildman–Crippen MR) is 103 cm³/mol. The van der Waals surface area contributed by atoms with E-state index in [0.29, 0.717) is 17.5 Å². The lowest BCUT2D eigenvalue weighted by atomic mass is 9.98. The van der Waals surface area contributed by atoms with E-state index in [-0.39, 0.29) is 18.1 Å². The van der Waals surface area contributed by atoms with E-state index in [1.54, 1.807) is 6.07 Å². The minimum Gasteiger partial charge on any atom is -0.454 e. The van der Waals surface area contributed by atoms with E-state index in [0.717, 1.165) is 23.6 Å². The van der Waals surface area contributed by atoms with Gasteiger partial charge in [-0.1, -0.05) is 38.1 Å². The molecule has 0 aliphatic rings. The largest absolute Gasteiger partial charge is 0.454 e. The van der Waals surface area contributed by atoms with Gasteiger partial charge in [0.05, 0.1) is 4.92 Å². The van der Waals surface area contributed by atoms with E-state index in [4.69, 9.17) is 4.74 Å². The van der Waals surface area contributed by atoms with Crippen molar-refractivity contribution in [2.75, 3.05) is 6.61 Å². The van der Waals surface area contributed by atoms with Crippen LogP contribution >= 0.6 is 0 Å². The van der Waals surface area contributed by atoms with Crippen molar-refractivity contribution in [3.05, 3.63) is 80.9 Å². The average molecular weight is 367 g/mol. The molecule has 0 radical (unpaired) electrons. The highest BCUT2D eigenvalue weighted by atomic mass is 16.6. The van der Waals surface area contributed by atoms with Crippen LogP contribution in [0.2, 0.25) is 0 Å². The van der Waals surface area contributed by atoms with Gasteiger partial charge in [0.15, 0.2) is 6.61 Å². The summed E-state index contributed by atoms with van der Waals surface area (Å²) in [7, 11) is 0. The first-order valence-corrected chi connectivity index (χ1v) is 8.68. The second kappa shape index (κ2) is 9.43. The monoisotopic (exact) mass is 367 g/mol. The molecule has 140 valence electrons. The first kappa shape index (κ1) is 20.0. The molecule has 0 saturated heterocycles. The molecule has 6 nitrogen and oxygen atoms in total. The van der Waals surface area contributed by atoms with Gasteiger partial charge in [0, 0.05) is 23.8 Å². The van der Waals surface area contributed by atoms with E-state index in [1.807, 2.05) is 32.0 Å². The molecule has 27 heavy (non-hydrogen) atoms. The normalized spacial score (nSPS) is 10.7. The maximum atomic E-state index is 12.4. The van der Waals surface area contributed by atoms with Crippen molar-refractivity contribution in [1.82, 2.24) is 0 Å². The first-order chi connectivity index (χ1) is 12.9. The fourth-order valence-electron chi connectivity index (χ4n) is 2.58. The Morgan fingerprint density at radius 2 is 1.89 bits per heavy atom. The molecule has 0 fully saturated rings. The summed E-state index contributed by atoms with van der Waals surface area (Å²) in [5, 5.41) is 10.8. The quantitative estimate of drug-likeness (QED) is 0.230. The van der Waals surface area contributed by atoms with Crippen molar-refractivity contribution in [1.29, 1.82) is 0 Å². The van der Waals surface area contributed by atoms with Crippen LogP contribution in [0.1, 0.15) is 40.9 Å². The van der Waals surface area contributed by atoms with Gasteiger partial charge in [-0.3, -0.25) is 14.9 Å². The van der Waals surface area contributed by atoms with Crippen LogP contribution in [-0.4, -0.2) is 23.3 Å². The van der Waals surface area contributed by atoms with Crippen molar-refractivity contribution in [3.8, 4) is 0 Å². The summed E-state index contributed by atoms with van der Waals surface area (Å²) in [5.41, 5.74) is 2.97. The van der Waals surface area contributed by atoms with Crippen molar-refractivity contribution in [3.63, 3.8) is 0 Å². The van der Waals surface area contributed by atoms with Gasteiger partial charge in [-0.05, 0) is 41.7 Å². The fraction of sp³-hybridized carbons (Fsp3) is 0.238. The highest BCUT2D eigenvalue weighted by Gasteiger charge is 2.13. The molecule has 0 aliphatic heterocycles. The van der Waals surface area contributed by atoms with Crippen LogP contribution in [-0.2, 0) is 22.4 Å². The maximum absolute atomic E-state index is 12.4. The summed E-state index contributed by atoms with van der Waals surface area (Å²) in [6, 6.07) is 11.6. The van der Waals surface area contributed by atoms with E-state index in [2.05, 4.69) is 0 Å². The third kappa shape index (κ3) is 5.60. The molecular weight excluding hydrogens is 346 g/mol. The van der Waals surface area contributed by atoms with E-state index in [9.17, 15) is 19.7 Å². The number of non-ortho nitro benzene ring substituents is 1. The zero-order chi connectivity index (χ0) is 19.8. The van der Waals surface area contributed by atoms with Gasteiger partial charge in [-0.2, -0.15) is 0 Å². The number of benzene rings is 2. The molecule has 0 N–H and O–H groups in total. The molecule has 6 heteroatoms. The van der Waals surface area contributed by atoms with Gasteiger partial charge < -0.3 is 4.74 Å². The number of nitro benzene ring substituents is 1. The highest BCUT2D eigenvalue weighted by Crippen LogP contribution is 2.16. The number of rotatable bonds is 8. The van der Waals surface area contributed by atoms with Crippen LogP contribution < -0.4 is 0 Å². The first-order valence-electron chi connectivity index (χ1n) is 8.68. The van der Waals surface area contributed by atoms with Crippen LogP contribution in [0.15, 0.2) is 48.5 Å². The Labute approximate surface area is 157 Å². The second-order valence-corrected chi connectivity index (χ2v) is 5.91. The summed E-state index contributed by atoms with van der Waals surface area (Å²) in [5.74, 6) is -0.932. The SMILES string of the molecule is CCc1ccc(CC)c(C(=O)COC(=O)/C=C/c2cccc([N+](=O)[O-])c2)c1. The topological polar surface area (TPSA) is 86.5 Å². The Kier molecular flexibility index (Phi) is 7.00. The summed E-state index contributed by atoms with van der Waals surface area (Å²) in [4.78, 5) is 34.5. The minimum atomic E-state index is -0.681. The molecule has 0 aliphatic carbocycles. The number of nitrogens with zero attached hydrogens (tertiary/aromatic N) is 1. The number of aryl methyl sites for hydroxylation is 2. The number of carbonyl (C=O) groups excluding carboxylic acids is 2. The van der Waals surface area contributed by atoms with Crippen LogP contribution in [0.25, 0.3) is 6.08 Å². The number of esters is 1. The van der Waals surface area contributed by atoms with Crippen LogP contribution in [0.3, 0.4) is 0 Å². The molecular formula is C21H21NO5. The number of ether oxygens (including phenoxy) is 1. The third-order valence-corrected chi connectivity index (χ3v) is 4.10. The molecule has 0 unspecified atom stereocenters. The molecule has 2 aromatic carbocycles. The van der Waals surface area contributed by atoms with Gasteiger partial charge in [0.25, 0.3) is 5.69 Å². The molecule has 2 rings (SSSR count). The summed E-state index contributed by atoms with van der Waals surface area (Å²) < 4.78 is 5.02.